The maximum atomic E-state index is 6.22. The van der Waals surface area contributed by atoms with Crippen LogP contribution in [0.25, 0.3) is 0 Å². The van der Waals surface area contributed by atoms with E-state index in [-0.39, 0.29) is 0 Å². The highest BCUT2D eigenvalue weighted by Gasteiger charge is 2.18. The molecule has 0 aromatic carbocycles. The molecule has 0 spiro atoms. The van der Waals surface area contributed by atoms with Gasteiger partial charge in [0.2, 0.25) is 0 Å². The Labute approximate surface area is 131 Å². The smallest absolute Gasteiger partial charge is 0.129 e. The minimum absolute atomic E-state index is 0.514. The summed E-state index contributed by atoms with van der Waals surface area (Å²) in [4.78, 5) is 6.81. The van der Waals surface area contributed by atoms with Crippen molar-refractivity contribution in [1.82, 2.24) is 15.2 Å². The summed E-state index contributed by atoms with van der Waals surface area (Å²) in [6.07, 6.45) is 3.73. The first-order valence-corrected chi connectivity index (χ1v) is 8.18. The zero-order valence-electron chi connectivity index (χ0n) is 12.0. The average molecular weight is 316 g/mol. The molecule has 0 amide bonds. The van der Waals surface area contributed by atoms with E-state index in [9.17, 15) is 0 Å². The molecule has 1 atom stereocenters. The zero-order valence-corrected chi connectivity index (χ0v) is 13.6. The van der Waals surface area contributed by atoms with Crippen molar-refractivity contribution in [3.63, 3.8) is 0 Å². The Kier molecular flexibility index (Phi) is 6.56. The van der Waals surface area contributed by atoms with E-state index in [1.807, 2.05) is 6.07 Å². The van der Waals surface area contributed by atoms with E-state index in [1.54, 1.807) is 6.07 Å². The fourth-order valence-corrected chi connectivity index (χ4v) is 3.11. The van der Waals surface area contributed by atoms with Gasteiger partial charge in [-0.25, -0.2) is 4.98 Å². The molecule has 0 radical (unpaired) electrons. The number of nitrogens with one attached hydrogen (secondary N) is 1. The van der Waals surface area contributed by atoms with Gasteiger partial charge in [-0.05, 0) is 56.9 Å². The van der Waals surface area contributed by atoms with Gasteiger partial charge in [0.25, 0.3) is 0 Å². The maximum absolute atomic E-state index is 6.22. The quantitative estimate of drug-likeness (QED) is 0.813. The molecule has 20 heavy (non-hydrogen) atoms. The summed E-state index contributed by atoms with van der Waals surface area (Å²) in [5.41, 5.74) is 0.886. The van der Waals surface area contributed by atoms with Crippen LogP contribution in [0.15, 0.2) is 12.1 Å². The average Bonchev–Trinajstić information content (AvgIpc) is 2.44. The summed E-state index contributed by atoms with van der Waals surface area (Å²) in [5, 5.41) is 4.70. The first-order valence-electron chi connectivity index (χ1n) is 7.43. The lowest BCUT2D eigenvalue weighted by molar-refractivity contribution is 0.199. The van der Waals surface area contributed by atoms with Gasteiger partial charge in [-0.15, -0.1) is 0 Å². The second-order valence-electron chi connectivity index (χ2n) is 5.51. The van der Waals surface area contributed by atoms with Crippen LogP contribution < -0.4 is 5.32 Å². The molecule has 0 saturated carbocycles. The lowest BCUT2D eigenvalue weighted by Gasteiger charge is -2.30. The number of hydrogen-bond acceptors (Lipinski definition) is 3. The summed E-state index contributed by atoms with van der Waals surface area (Å²) < 4.78 is 0. The van der Waals surface area contributed by atoms with Gasteiger partial charge in [0.1, 0.15) is 5.15 Å². The van der Waals surface area contributed by atoms with Gasteiger partial charge >= 0.3 is 0 Å². The van der Waals surface area contributed by atoms with Gasteiger partial charge in [-0.1, -0.05) is 30.1 Å². The zero-order chi connectivity index (χ0) is 14.4. The number of rotatable bonds is 6. The molecule has 1 aromatic heterocycles. The van der Waals surface area contributed by atoms with E-state index in [4.69, 9.17) is 23.2 Å². The van der Waals surface area contributed by atoms with Crippen molar-refractivity contribution in [3.05, 3.63) is 28.0 Å². The normalized spacial score (nSPS) is 19.5. The van der Waals surface area contributed by atoms with E-state index in [0.717, 1.165) is 50.8 Å². The molecule has 1 N–H and O–H groups in total. The Morgan fingerprint density at radius 1 is 1.40 bits per heavy atom. The summed E-state index contributed by atoms with van der Waals surface area (Å²) in [5.74, 6) is 0.730. The molecule has 1 saturated heterocycles. The maximum Gasteiger partial charge on any atom is 0.129 e. The standard InChI is InChI=1S/C15H23Cl2N3/c1-2-8-20(10-12-4-3-7-18-9-12)11-14-13(16)5-6-15(17)19-14/h5-6,12,18H,2-4,7-11H2,1H3. The largest absolute Gasteiger partial charge is 0.316 e. The molecular formula is C15H23Cl2N3. The number of hydrogen-bond donors (Lipinski definition) is 1. The first kappa shape index (κ1) is 16.0. The molecule has 0 aliphatic carbocycles. The molecule has 1 aliphatic heterocycles. The highest BCUT2D eigenvalue weighted by atomic mass is 35.5. The highest BCUT2D eigenvalue weighted by Crippen LogP contribution is 2.20. The van der Waals surface area contributed by atoms with Crippen LogP contribution in [0.2, 0.25) is 10.2 Å². The molecule has 5 heteroatoms. The molecule has 0 bridgehead atoms. The second kappa shape index (κ2) is 8.18. The van der Waals surface area contributed by atoms with E-state index >= 15 is 0 Å². The Balaban J connectivity index is 1.98. The van der Waals surface area contributed by atoms with Crippen molar-refractivity contribution in [2.24, 2.45) is 5.92 Å². The first-order chi connectivity index (χ1) is 9.69. The van der Waals surface area contributed by atoms with Crippen LogP contribution in [0.1, 0.15) is 31.9 Å². The van der Waals surface area contributed by atoms with Crippen molar-refractivity contribution in [3.8, 4) is 0 Å². The Hall–Kier alpha value is -0.350. The van der Waals surface area contributed by atoms with Gasteiger partial charge in [-0.2, -0.15) is 0 Å². The third-order valence-electron chi connectivity index (χ3n) is 3.71. The SMILES string of the molecule is CCCN(Cc1nc(Cl)ccc1Cl)CC1CCCNC1. The van der Waals surface area contributed by atoms with Crippen LogP contribution in [0.3, 0.4) is 0 Å². The minimum Gasteiger partial charge on any atom is -0.316 e. The lowest BCUT2D eigenvalue weighted by Crippen LogP contribution is -2.38. The van der Waals surface area contributed by atoms with E-state index in [0.29, 0.717) is 10.2 Å². The van der Waals surface area contributed by atoms with Gasteiger partial charge in [0.05, 0.1) is 10.7 Å². The van der Waals surface area contributed by atoms with E-state index in [2.05, 4.69) is 22.1 Å². The fourth-order valence-electron chi connectivity index (χ4n) is 2.78. The topological polar surface area (TPSA) is 28.2 Å². The molecule has 1 unspecified atom stereocenters. The second-order valence-corrected chi connectivity index (χ2v) is 6.30. The van der Waals surface area contributed by atoms with Crippen molar-refractivity contribution < 1.29 is 0 Å². The number of piperidine rings is 1. The minimum atomic E-state index is 0.514. The Morgan fingerprint density at radius 3 is 2.95 bits per heavy atom. The molecular weight excluding hydrogens is 293 g/mol. The fraction of sp³-hybridized carbons (Fsp3) is 0.667. The molecule has 3 nitrogen and oxygen atoms in total. The molecule has 2 heterocycles. The predicted molar refractivity (Wildman–Crippen MR) is 85.4 cm³/mol. The monoisotopic (exact) mass is 315 g/mol. The van der Waals surface area contributed by atoms with Gasteiger partial charge in [0.15, 0.2) is 0 Å². The van der Waals surface area contributed by atoms with E-state index < -0.39 is 0 Å². The summed E-state index contributed by atoms with van der Waals surface area (Å²) >= 11 is 12.2. The number of pyridine rings is 1. The van der Waals surface area contributed by atoms with Crippen molar-refractivity contribution in [2.75, 3.05) is 26.2 Å². The van der Waals surface area contributed by atoms with Gasteiger partial charge in [0, 0.05) is 13.1 Å². The highest BCUT2D eigenvalue weighted by molar-refractivity contribution is 6.32. The molecule has 1 aliphatic rings. The molecule has 1 aromatic rings. The molecule has 112 valence electrons. The van der Waals surface area contributed by atoms with Crippen molar-refractivity contribution >= 4 is 23.2 Å². The van der Waals surface area contributed by atoms with Crippen molar-refractivity contribution in [2.45, 2.75) is 32.7 Å². The van der Waals surface area contributed by atoms with Crippen LogP contribution >= 0.6 is 23.2 Å². The lowest BCUT2D eigenvalue weighted by atomic mass is 9.99. The number of aromatic nitrogens is 1. The van der Waals surface area contributed by atoms with Crippen LogP contribution in [-0.4, -0.2) is 36.1 Å². The number of nitrogens with zero attached hydrogens (tertiary/aromatic N) is 2. The van der Waals surface area contributed by atoms with Gasteiger partial charge in [-0.3, -0.25) is 4.90 Å². The third-order valence-corrected chi connectivity index (χ3v) is 4.27. The Bertz CT molecular complexity index is 420. The third kappa shape index (κ3) is 4.88. The van der Waals surface area contributed by atoms with Gasteiger partial charge < -0.3 is 5.32 Å². The van der Waals surface area contributed by atoms with Crippen molar-refractivity contribution in [1.29, 1.82) is 0 Å². The van der Waals surface area contributed by atoms with Crippen LogP contribution in [0, 0.1) is 5.92 Å². The number of halogens is 2. The van der Waals surface area contributed by atoms with Crippen LogP contribution in [-0.2, 0) is 6.54 Å². The summed E-state index contributed by atoms with van der Waals surface area (Å²) in [7, 11) is 0. The predicted octanol–water partition coefficient (Wildman–Crippen LogP) is 3.60. The van der Waals surface area contributed by atoms with E-state index in [1.165, 1.54) is 12.8 Å². The summed E-state index contributed by atoms with van der Waals surface area (Å²) in [6.45, 7) is 7.44. The molecule has 2 rings (SSSR count). The summed E-state index contributed by atoms with van der Waals surface area (Å²) in [6, 6.07) is 3.57. The van der Waals surface area contributed by atoms with Crippen LogP contribution in [0.4, 0.5) is 0 Å². The Morgan fingerprint density at radius 2 is 2.25 bits per heavy atom. The van der Waals surface area contributed by atoms with Crippen LogP contribution in [0.5, 0.6) is 0 Å². The molecule has 1 fully saturated rings.